The lowest BCUT2D eigenvalue weighted by Gasteiger charge is -2.35. The molecule has 6 nitrogen and oxygen atoms in total. The number of amides is 3. The van der Waals surface area contributed by atoms with E-state index >= 15 is 0 Å². The van der Waals surface area contributed by atoms with Crippen LogP contribution in [0.1, 0.15) is 19.4 Å². The number of benzene rings is 1. The number of carbonyl (C=O) groups is 2. The Morgan fingerprint density at radius 2 is 1.96 bits per heavy atom. The molecular formula is C17H23N3O3. The number of para-hydroxylation sites is 1. The molecule has 2 aliphatic heterocycles. The van der Waals surface area contributed by atoms with Crippen LogP contribution in [-0.2, 0) is 16.0 Å². The molecule has 0 aromatic heterocycles. The molecule has 3 rings (SSSR count). The van der Waals surface area contributed by atoms with E-state index in [1.165, 1.54) is 0 Å². The highest BCUT2D eigenvalue weighted by molar-refractivity contribution is 6.01. The van der Waals surface area contributed by atoms with Gasteiger partial charge in [-0.25, -0.2) is 4.79 Å². The molecule has 2 heterocycles. The standard InChI is InChI=1S/C17H23N3O3/c1-12-10-19(11-13(2)23-12)17(22)18-7-8-20-15-6-4-3-5-14(15)9-16(20)21/h3-6,12-13H,7-11H2,1-2H3,(H,18,22)/t12-,13+. The number of fused-ring (bicyclic) bond motifs is 1. The Bertz CT molecular complexity index is 595. The average Bonchev–Trinajstić information content (AvgIpc) is 2.82. The van der Waals surface area contributed by atoms with Crippen LogP contribution in [-0.4, -0.2) is 55.2 Å². The van der Waals surface area contributed by atoms with Gasteiger partial charge in [-0.05, 0) is 25.5 Å². The van der Waals surface area contributed by atoms with Crippen LogP contribution in [0, 0.1) is 0 Å². The van der Waals surface area contributed by atoms with Gasteiger partial charge in [0, 0.05) is 31.9 Å². The number of rotatable bonds is 3. The van der Waals surface area contributed by atoms with Crippen molar-refractivity contribution in [3.63, 3.8) is 0 Å². The van der Waals surface area contributed by atoms with Gasteiger partial charge in [0.25, 0.3) is 0 Å². The zero-order valence-corrected chi connectivity index (χ0v) is 13.6. The van der Waals surface area contributed by atoms with Gasteiger partial charge in [0.1, 0.15) is 0 Å². The molecule has 0 aliphatic carbocycles. The van der Waals surface area contributed by atoms with E-state index in [-0.39, 0.29) is 24.1 Å². The van der Waals surface area contributed by atoms with E-state index in [4.69, 9.17) is 4.74 Å². The van der Waals surface area contributed by atoms with Gasteiger partial charge in [-0.3, -0.25) is 4.79 Å². The zero-order valence-electron chi connectivity index (χ0n) is 13.6. The molecule has 124 valence electrons. The maximum Gasteiger partial charge on any atom is 0.317 e. The molecule has 0 unspecified atom stereocenters. The summed E-state index contributed by atoms with van der Waals surface area (Å²) in [6, 6.07) is 7.71. The fraction of sp³-hybridized carbons (Fsp3) is 0.529. The predicted octanol–water partition coefficient (Wildman–Crippen LogP) is 1.39. The number of ether oxygens (including phenoxy) is 1. The lowest BCUT2D eigenvalue weighted by molar-refractivity contribution is -0.117. The first-order valence-corrected chi connectivity index (χ1v) is 8.11. The highest BCUT2D eigenvalue weighted by Gasteiger charge is 2.28. The topological polar surface area (TPSA) is 61.9 Å². The van der Waals surface area contributed by atoms with Crippen LogP contribution in [0.4, 0.5) is 10.5 Å². The zero-order chi connectivity index (χ0) is 16.4. The molecular weight excluding hydrogens is 294 g/mol. The summed E-state index contributed by atoms with van der Waals surface area (Å²) in [6.45, 7) is 6.07. The highest BCUT2D eigenvalue weighted by Crippen LogP contribution is 2.27. The molecule has 0 spiro atoms. The Balaban J connectivity index is 1.52. The molecule has 0 radical (unpaired) electrons. The summed E-state index contributed by atoms with van der Waals surface area (Å²) in [7, 11) is 0. The van der Waals surface area contributed by atoms with Crippen LogP contribution >= 0.6 is 0 Å². The second-order valence-electron chi connectivity index (χ2n) is 6.25. The first-order chi connectivity index (χ1) is 11.0. The summed E-state index contributed by atoms with van der Waals surface area (Å²) in [5.74, 6) is 0.0917. The number of nitrogens with one attached hydrogen (secondary N) is 1. The molecule has 3 amide bonds. The summed E-state index contributed by atoms with van der Waals surface area (Å²) < 4.78 is 5.63. The van der Waals surface area contributed by atoms with Crippen molar-refractivity contribution in [3.05, 3.63) is 29.8 Å². The molecule has 0 bridgehead atoms. The Morgan fingerprint density at radius 3 is 2.70 bits per heavy atom. The fourth-order valence-electron chi connectivity index (χ4n) is 3.29. The van der Waals surface area contributed by atoms with Crippen molar-refractivity contribution >= 4 is 17.6 Å². The van der Waals surface area contributed by atoms with Gasteiger partial charge in [-0.2, -0.15) is 0 Å². The van der Waals surface area contributed by atoms with Crippen molar-refractivity contribution in [1.29, 1.82) is 0 Å². The first kappa shape index (κ1) is 15.8. The van der Waals surface area contributed by atoms with Crippen molar-refractivity contribution in [1.82, 2.24) is 10.2 Å². The van der Waals surface area contributed by atoms with Gasteiger partial charge in [-0.1, -0.05) is 18.2 Å². The van der Waals surface area contributed by atoms with Crippen LogP contribution in [0.2, 0.25) is 0 Å². The molecule has 2 aliphatic rings. The Kier molecular flexibility index (Phi) is 4.52. The fourth-order valence-corrected chi connectivity index (χ4v) is 3.29. The van der Waals surface area contributed by atoms with Gasteiger partial charge < -0.3 is 19.9 Å². The largest absolute Gasteiger partial charge is 0.372 e. The van der Waals surface area contributed by atoms with E-state index in [0.29, 0.717) is 32.6 Å². The number of hydrogen-bond donors (Lipinski definition) is 1. The van der Waals surface area contributed by atoms with Gasteiger partial charge in [0.05, 0.1) is 18.6 Å². The van der Waals surface area contributed by atoms with Crippen LogP contribution in [0.25, 0.3) is 0 Å². The lowest BCUT2D eigenvalue weighted by Crippen LogP contribution is -2.52. The van der Waals surface area contributed by atoms with E-state index in [0.717, 1.165) is 11.3 Å². The maximum atomic E-state index is 12.2. The maximum absolute atomic E-state index is 12.2. The number of morpholine rings is 1. The number of hydrogen-bond acceptors (Lipinski definition) is 3. The van der Waals surface area contributed by atoms with Gasteiger partial charge >= 0.3 is 6.03 Å². The van der Waals surface area contributed by atoms with Crippen LogP contribution in [0.15, 0.2) is 24.3 Å². The molecule has 1 fully saturated rings. The quantitative estimate of drug-likeness (QED) is 0.916. The minimum atomic E-state index is -0.0908. The number of anilines is 1. The summed E-state index contributed by atoms with van der Waals surface area (Å²) in [5, 5.41) is 2.91. The molecule has 1 aromatic rings. The third kappa shape index (κ3) is 3.47. The van der Waals surface area contributed by atoms with Crippen molar-refractivity contribution in [2.45, 2.75) is 32.5 Å². The SMILES string of the molecule is C[C@@H]1CN(C(=O)NCCN2C(=O)Cc3ccccc32)C[C@H](C)O1. The third-order valence-electron chi connectivity index (χ3n) is 4.24. The normalized spacial score (nSPS) is 23.8. The summed E-state index contributed by atoms with van der Waals surface area (Å²) in [5.41, 5.74) is 2.01. The molecule has 1 aromatic carbocycles. The first-order valence-electron chi connectivity index (χ1n) is 8.11. The molecule has 23 heavy (non-hydrogen) atoms. The van der Waals surface area contributed by atoms with E-state index in [9.17, 15) is 9.59 Å². The van der Waals surface area contributed by atoms with Crippen LogP contribution in [0.5, 0.6) is 0 Å². The summed E-state index contributed by atoms with van der Waals surface area (Å²) in [6.07, 6.45) is 0.552. The smallest absolute Gasteiger partial charge is 0.317 e. The second kappa shape index (κ2) is 6.58. The molecule has 0 saturated carbocycles. The van der Waals surface area contributed by atoms with Crippen molar-refractivity contribution in [2.24, 2.45) is 0 Å². The van der Waals surface area contributed by atoms with E-state index in [2.05, 4.69) is 5.32 Å². The minimum absolute atomic E-state index is 0.0523. The Morgan fingerprint density at radius 1 is 1.26 bits per heavy atom. The second-order valence-corrected chi connectivity index (χ2v) is 6.25. The third-order valence-corrected chi connectivity index (χ3v) is 4.24. The van der Waals surface area contributed by atoms with Crippen molar-refractivity contribution in [3.8, 4) is 0 Å². The monoisotopic (exact) mass is 317 g/mol. The number of carbonyl (C=O) groups excluding carboxylic acids is 2. The van der Waals surface area contributed by atoms with E-state index in [1.807, 2.05) is 38.1 Å². The Labute approximate surface area is 136 Å². The average molecular weight is 317 g/mol. The molecule has 6 heteroatoms. The van der Waals surface area contributed by atoms with Gasteiger partial charge in [0.2, 0.25) is 5.91 Å². The lowest BCUT2D eigenvalue weighted by atomic mass is 10.2. The van der Waals surface area contributed by atoms with Gasteiger partial charge in [0.15, 0.2) is 0 Å². The van der Waals surface area contributed by atoms with Crippen LogP contribution in [0.3, 0.4) is 0 Å². The molecule has 1 saturated heterocycles. The predicted molar refractivity (Wildman–Crippen MR) is 87.5 cm³/mol. The molecule has 1 N–H and O–H groups in total. The van der Waals surface area contributed by atoms with Crippen molar-refractivity contribution in [2.75, 3.05) is 31.1 Å². The summed E-state index contributed by atoms with van der Waals surface area (Å²) >= 11 is 0. The van der Waals surface area contributed by atoms with Gasteiger partial charge in [-0.15, -0.1) is 0 Å². The van der Waals surface area contributed by atoms with Crippen LogP contribution < -0.4 is 10.2 Å². The number of nitrogens with zero attached hydrogens (tertiary/aromatic N) is 2. The minimum Gasteiger partial charge on any atom is -0.372 e. The molecule has 2 atom stereocenters. The Hall–Kier alpha value is -2.08. The summed E-state index contributed by atoms with van der Waals surface area (Å²) in [4.78, 5) is 27.9. The van der Waals surface area contributed by atoms with E-state index in [1.54, 1.807) is 9.80 Å². The van der Waals surface area contributed by atoms with Crippen molar-refractivity contribution < 1.29 is 14.3 Å². The van der Waals surface area contributed by atoms with E-state index < -0.39 is 0 Å². The number of urea groups is 1. The highest BCUT2D eigenvalue weighted by atomic mass is 16.5.